The third-order valence-electron chi connectivity index (χ3n) is 2.53. The Labute approximate surface area is 96.7 Å². The molecule has 15 heavy (non-hydrogen) atoms. The molecule has 0 bridgehead atoms. The van der Waals surface area contributed by atoms with E-state index in [-0.39, 0.29) is 16.5 Å². The first-order valence-corrected chi connectivity index (χ1v) is 7.44. The molecule has 0 aromatic rings. The van der Waals surface area contributed by atoms with Gasteiger partial charge in [0, 0.05) is 6.54 Å². The van der Waals surface area contributed by atoms with E-state index in [2.05, 4.69) is 17.1 Å². The lowest BCUT2D eigenvalue weighted by atomic mass is 10.1. The molecular formula is C9H18N2O2S2. The summed E-state index contributed by atoms with van der Waals surface area (Å²) in [5.41, 5.74) is 5.23. The minimum absolute atomic E-state index is 0.0636. The van der Waals surface area contributed by atoms with Gasteiger partial charge in [-0.2, -0.15) is 0 Å². The van der Waals surface area contributed by atoms with Crippen molar-refractivity contribution in [1.29, 1.82) is 0 Å². The smallest absolute Gasteiger partial charge is 0.158 e. The van der Waals surface area contributed by atoms with E-state index < -0.39 is 9.84 Å². The maximum Gasteiger partial charge on any atom is 0.158 e. The van der Waals surface area contributed by atoms with E-state index in [0.29, 0.717) is 6.54 Å². The molecule has 0 amide bonds. The highest BCUT2D eigenvalue weighted by Crippen LogP contribution is 2.08. The molecule has 2 N–H and O–H groups in total. The Morgan fingerprint density at radius 2 is 1.87 bits per heavy atom. The standard InChI is InChI=1S/C9H18N2O2S2/c10-9(14)8-15(12,13)7-6-11-4-2-1-3-5-11/h1-8H2,(H2,10,14). The van der Waals surface area contributed by atoms with Gasteiger partial charge in [-0.15, -0.1) is 0 Å². The van der Waals surface area contributed by atoms with Gasteiger partial charge in [-0.3, -0.25) is 0 Å². The lowest BCUT2D eigenvalue weighted by molar-refractivity contribution is 0.241. The predicted octanol–water partition coefficient (Wildman–Crippen LogP) is 0.173. The van der Waals surface area contributed by atoms with Crippen LogP contribution in [0.25, 0.3) is 0 Å². The quantitative estimate of drug-likeness (QED) is 0.705. The maximum absolute atomic E-state index is 11.5. The van der Waals surface area contributed by atoms with Crippen LogP contribution in [0, 0.1) is 0 Å². The number of nitrogens with zero attached hydrogens (tertiary/aromatic N) is 1. The van der Waals surface area contributed by atoms with Gasteiger partial charge in [-0.25, -0.2) is 8.42 Å². The SMILES string of the molecule is NC(=S)CS(=O)(=O)CCN1CCCCC1. The summed E-state index contributed by atoms with van der Waals surface area (Å²) in [6.07, 6.45) is 3.61. The molecule has 0 saturated carbocycles. The molecule has 6 heteroatoms. The Bertz CT molecular complexity index is 308. The summed E-state index contributed by atoms with van der Waals surface area (Å²) >= 11 is 4.60. The number of thiocarbonyl (C=S) groups is 1. The highest BCUT2D eigenvalue weighted by atomic mass is 32.2. The van der Waals surface area contributed by atoms with E-state index in [1.54, 1.807) is 0 Å². The molecule has 0 radical (unpaired) electrons. The van der Waals surface area contributed by atoms with Crippen molar-refractivity contribution in [3.63, 3.8) is 0 Å². The van der Waals surface area contributed by atoms with Crippen LogP contribution in [0.1, 0.15) is 19.3 Å². The van der Waals surface area contributed by atoms with E-state index in [1.807, 2.05) is 0 Å². The number of hydrogen-bond acceptors (Lipinski definition) is 4. The number of piperidine rings is 1. The second-order valence-electron chi connectivity index (χ2n) is 3.96. The minimum Gasteiger partial charge on any atom is -0.392 e. The van der Waals surface area contributed by atoms with E-state index in [0.717, 1.165) is 13.1 Å². The largest absolute Gasteiger partial charge is 0.392 e. The molecule has 88 valence electrons. The van der Waals surface area contributed by atoms with Crippen LogP contribution in [0.3, 0.4) is 0 Å². The molecule has 0 aromatic carbocycles. The van der Waals surface area contributed by atoms with Crippen LogP contribution in [-0.2, 0) is 9.84 Å². The van der Waals surface area contributed by atoms with Crippen LogP contribution in [0.4, 0.5) is 0 Å². The Balaban J connectivity index is 2.31. The van der Waals surface area contributed by atoms with Gasteiger partial charge in [0.2, 0.25) is 0 Å². The molecule has 4 nitrogen and oxygen atoms in total. The fraction of sp³-hybridized carbons (Fsp3) is 0.889. The van der Waals surface area contributed by atoms with Gasteiger partial charge in [0.05, 0.1) is 10.7 Å². The number of nitrogens with two attached hydrogens (primary N) is 1. The van der Waals surface area contributed by atoms with Crippen LogP contribution in [0.15, 0.2) is 0 Å². The van der Waals surface area contributed by atoms with Gasteiger partial charge < -0.3 is 10.6 Å². The lowest BCUT2D eigenvalue weighted by Crippen LogP contribution is -2.35. The Morgan fingerprint density at radius 3 is 2.40 bits per heavy atom. The van der Waals surface area contributed by atoms with Crippen molar-refractivity contribution >= 4 is 27.0 Å². The third kappa shape index (κ3) is 5.44. The molecular weight excluding hydrogens is 232 g/mol. The summed E-state index contributed by atoms with van der Waals surface area (Å²) in [6, 6.07) is 0. The number of sulfone groups is 1. The van der Waals surface area contributed by atoms with Crippen molar-refractivity contribution in [2.75, 3.05) is 31.1 Å². The van der Waals surface area contributed by atoms with Gasteiger partial charge in [-0.1, -0.05) is 18.6 Å². The van der Waals surface area contributed by atoms with Gasteiger partial charge in [-0.05, 0) is 25.9 Å². The zero-order valence-electron chi connectivity index (χ0n) is 8.81. The van der Waals surface area contributed by atoms with Crippen molar-refractivity contribution in [1.82, 2.24) is 4.90 Å². The fourth-order valence-corrected chi connectivity index (χ4v) is 3.39. The first-order valence-electron chi connectivity index (χ1n) is 5.21. The van der Waals surface area contributed by atoms with Crippen molar-refractivity contribution in [3.8, 4) is 0 Å². The first kappa shape index (κ1) is 12.9. The monoisotopic (exact) mass is 250 g/mol. The molecule has 0 atom stereocenters. The zero-order chi connectivity index (χ0) is 11.3. The number of rotatable bonds is 5. The predicted molar refractivity (Wildman–Crippen MR) is 65.7 cm³/mol. The third-order valence-corrected chi connectivity index (χ3v) is 4.41. The molecule has 1 saturated heterocycles. The fourth-order valence-electron chi connectivity index (χ4n) is 1.74. The normalized spacial score (nSPS) is 18.9. The zero-order valence-corrected chi connectivity index (χ0v) is 10.4. The van der Waals surface area contributed by atoms with Gasteiger partial charge in [0.1, 0.15) is 5.75 Å². The highest BCUT2D eigenvalue weighted by Gasteiger charge is 2.16. The van der Waals surface area contributed by atoms with Crippen LogP contribution in [0.5, 0.6) is 0 Å². The molecule has 0 spiro atoms. The Hall–Kier alpha value is -0.200. The van der Waals surface area contributed by atoms with Crippen molar-refractivity contribution < 1.29 is 8.42 Å². The van der Waals surface area contributed by atoms with Gasteiger partial charge in [0.25, 0.3) is 0 Å². The highest BCUT2D eigenvalue weighted by molar-refractivity contribution is 7.93. The molecule has 0 aliphatic carbocycles. The molecule has 1 rings (SSSR count). The first-order chi connectivity index (χ1) is 6.99. The topological polar surface area (TPSA) is 63.4 Å². The molecule has 1 aliphatic rings. The average molecular weight is 250 g/mol. The van der Waals surface area contributed by atoms with Crippen LogP contribution in [-0.4, -0.2) is 49.4 Å². The van der Waals surface area contributed by atoms with E-state index >= 15 is 0 Å². The summed E-state index contributed by atoms with van der Waals surface area (Å²) < 4.78 is 23.0. The lowest BCUT2D eigenvalue weighted by Gasteiger charge is -2.26. The van der Waals surface area contributed by atoms with E-state index in [4.69, 9.17) is 5.73 Å². The minimum atomic E-state index is -3.09. The second-order valence-corrected chi connectivity index (χ2v) is 6.67. The summed E-state index contributed by atoms with van der Waals surface area (Å²) in [6.45, 7) is 2.65. The summed E-state index contributed by atoms with van der Waals surface area (Å²) in [7, 11) is -3.09. The van der Waals surface area contributed by atoms with Gasteiger partial charge in [0.15, 0.2) is 9.84 Å². The Kier molecular flexibility index (Phi) is 4.95. The summed E-state index contributed by atoms with van der Waals surface area (Å²) in [5, 5.41) is 0. The van der Waals surface area contributed by atoms with Crippen LogP contribution in [0.2, 0.25) is 0 Å². The van der Waals surface area contributed by atoms with E-state index in [1.165, 1.54) is 19.3 Å². The molecule has 0 unspecified atom stereocenters. The number of likely N-dealkylation sites (tertiary alicyclic amines) is 1. The molecule has 1 heterocycles. The van der Waals surface area contributed by atoms with Crippen LogP contribution >= 0.6 is 12.2 Å². The maximum atomic E-state index is 11.5. The average Bonchev–Trinajstić information content (AvgIpc) is 2.15. The summed E-state index contributed by atoms with van der Waals surface area (Å²) in [5.74, 6) is 0.0144. The van der Waals surface area contributed by atoms with Crippen molar-refractivity contribution in [2.45, 2.75) is 19.3 Å². The van der Waals surface area contributed by atoms with Crippen LogP contribution < -0.4 is 5.73 Å². The van der Waals surface area contributed by atoms with Gasteiger partial charge >= 0.3 is 0 Å². The molecule has 1 aliphatic heterocycles. The van der Waals surface area contributed by atoms with Crippen molar-refractivity contribution in [2.24, 2.45) is 5.73 Å². The molecule has 1 fully saturated rings. The second kappa shape index (κ2) is 5.77. The van der Waals surface area contributed by atoms with Crippen molar-refractivity contribution in [3.05, 3.63) is 0 Å². The summed E-state index contributed by atoms with van der Waals surface area (Å²) in [4.78, 5) is 2.26. The van der Waals surface area contributed by atoms with E-state index in [9.17, 15) is 8.42 Å². The Morgan fingerprint density at radius 1 is 1.27 bits per heavy atom. The molecule has 0 aromatic heterocycles. The number of hydrogen-bond donors (Lipinski definition) is 1.